The van der Waals surface area contributed by atoms with Crippen LogP contribution < -0.4 is 5.32 Å². The third-order valence-corrected chi connectivity index (χ3v) is 6.34. The number of anilines is 1. The van der Waals surface area contributed by atoms with E-state index in [1.54, 1.807) is 11.4 Å². The maximum absolute atomic E-state index is 12.5. The molecule has 0 radical (unpaired) electrons. The van der Waals surface area contributed by atoms with Crippen LogP contribution in [0.2, 0.25) is 0 Å². The van der Waals surface area contributed by atoms with Gasteiger partial charge in [-0.1, -0.05) is 31.0 Å². The molecule has 2 heterocycles. The zero-order chi connectivity index (χ0) is 17.8. The van der Waals surface area contributed by atoms with Crippen LogP contribution in [0.25, 0.3) is 0 Å². The minimum Gasteiger partial charge on any atom is -0.316 e. The van der Waals surface area contributed by atoms with Gasteiger partial charge in [-0.2, -0.15) is 5.26 Å². The quantitative estimate of drug-likeness (QED) is 0.794. The molecule has 25 heavy (non-hydrogen) atoms. The van der Waals surface area contributed by atoms with Crippen molar-refractivity contribution in [1.82, 2.24) is 14.8 Å². The average Bonchev–Trinajstić information content (AvgIpc) is 3.21. The summed E-state index contributed by atoms with van der Waals surface area (Å²) in [5.41, 5.74) is 0.497. The Kier molecular flexibility index (Phi) is 5.76. The van der Waals surface area contributed by atoms with Crippen molar-refractivity contribution in [2.75, 3.05) is 5.32 Å². The van der Waals surface area contributed by atoms with Crippen LogP contribution in [0.4, 0.5) is 5.00 Å². The van der Waals surface area contributed by atoms with Crippen LogP contribution in [-0.2, 0) is 4.79 Å². The SMILES string of the molecule is Cc1nnc(SC(C)C(=O)Nc2sccc2C#N)n1C1CCCCC1. The number of thiophene rings is 1. The Labute approximate surface area is 155 Å². The maximum Gasteiger partial charge on any atom is 0.238 e. The van der Waals surface area contributed by atoms with Crippen molar-refractivity contribution in [1.29, 1.82) is 5.26 Å². The number of amides is 1. The van der Waals surface area contributed by atoms with Crippen LogP contribution in [-0.4, -0.2) is 25.9 Å². The number of nitriles is 1. The number of rotatable bonds is 5. The highest BCUT2D eigenvalue weighted by Gasteiger charge is 2.25. The Morgan fingerprint density at radius 3 is 2.92 bits per heavy atom. The first-order valence-corrected chi connectivity index (χ1v) is 10.2. The van der Waals surface area contributed by atoms with Gasteiger partial charge in [0.15, 0.2) is 5.16 Å². The van der Waals surface area contributed by atoms with Crippen LogP contribution in [0, 0.1) is 18.3 Å². The molecule has 132 valence electrons. The van der Waals surface area contributed by atoms with Gasteiger partial charge >= 0.3 is 0 Å². The molecule has 1 aliphatic rings. The maximum atomic E-state index is 12.5. The molecule has 1 atom stereocenters. The van der Waals surface area contributed by atoms with Crippen LogP contribution >= 0.6 is 23.1 Å². The van der Waals surface area contributed by atoms with Gasteiger partial charge in [0.05, 0.1) is 10.8 Å². The molecular formula is C17H21N5OS2. The molecular weight excluding hydrogens is 354 g/mol. The van der Waals surface area contributed by atoms with E-state index < -0.39 is 0 Å². The fourth-order valence-corrected chi connectivity index (χ4v) is 4.81. The highest BCUT2D eigenvalue weighted by molar-refractivity contribution is 8.00. The van der Waals surface area contributed by atoms with Crippen molar-refractivity contribution in [3.8, 4) is 6.07 Å². The van der Waals surface area contributed by atoms with Crippen molar-refractivity contribution < 1.29 is 4.79 Å². The largest absolute Gasteiger partial charge is 0.316 e. The molecule has 1 saturated carbocycles. The van der Waals surface area contributed by atoms with E-state index in [0.29, 0.717) is 16.6 Å². The highest BCUT2D eigenvalue weighted by Crippen LogP contribution is 2.34. The summed E-state index contributed by atoms with van der Waals surface area (Å²) < 4.78 is 2.19. The lowest BCUT2D eigenvalue weighted by atomic mass is 9.95. The third-order valence-electron chi connectivity index (χ3n) is 4.45. The molecule has 1 aliphatic carbocycles. The molecule has 1 N–H and O–H groups in total. The first-order chi connectivity index (χ1) is 12.1. The summed E-state index contributed by atoms with van der Waals surface area (Å²) >= 11 is 2.79. The predicted octanol–water partition coefficient (Wildman–Crippen LogP) is 4.14. The van der Waals surface area contributed by atoms with Crippen molar-refractivity contribution >= 4 is 34.0 Å². The molecule has 0 saturated heterocycles. The summed E-state index contributed by atoms with van der Waals surface area (Å²) in [5.74, 6) is 0.784. The minimum atomic E-state index is -0.320. The molecule has 6 nitrogen and oxygen atoms in total. The van der Waals surface area contributed by atoms with Gasteiger partial charge in [-0.15, -0.1) is 21.5 Å². The zero-order valence-electron chi connectivity index (χ0n) is 14.4. The molecule has 1 unspecified atom stereocenters. The molecule has 3 rings (SSSR count). The first kappa shape index (κ1) is 18.0. The lowest BCUT2D eigenvalue weighted by Gasteiger charge is -2.25. The van der Waals surface area contributed by atoms with Gasteiger partial charge in [-0.3, -0.25) is 4.79 Å². The minimum absolute atomic E-state index is 0.125. The number of aryl methyl sites for hydroxylation is 1. The van der Waals surface area contributed by atoms with Gasteiger partial charge in [0.25, 0.3) is 0 Å². The van der Waals surface area contributed by atoms with Gasteiger partial charge in [-0.05, 0) is 38.1 Å². The van der Waals surface area contributed by atoms with E-state index in [-0.39, 0.29) is 11.2 Å². The second-order valence-electron chi connectivity index (χ2n) is 6.22. The summed E-state index contributed by atoms with van der Waals surface area (Å²) in [6, 6.07) is 4.23. The number of nitrogens with one attached hydrogen (secondary N) is 1. The van der Waals surface area contributed by atoms with Gasteiger partial charge in [0.1, 0.15) is 16.9 Å². The predicted molar refractivity (Wildman–Crippen MR) is 99.9 cm³/mol. The Morgan fingerprint density at radius 1 is 1.44 bits per heavy atom. The Hall–Kier alpha value is -1.85. The van der Waals surface area contributed by atoms with E-state index in [1.807, 2.05) is 13.8 Å². The Balaban J connectivity index is 1.69. The second-order valence-corrected chi connectivity index (χ2v) is 8.44. The summed E-state index contributed by atoms with van der Waals surface area (Å²) in [6.07, 6.45) is 6.05. The summed E-state index contributed by atoms with van der Waals surface area (Å²) in [7, 11) is 0. The van der Waals surface area contributed by atoms with Gasteiger partial charge in [-0.25, -0.2) is 0 Å². The third kappa shape index (κ3) is 4.05. The molecule has 2 aromatic heterocycles. The van der Waals surface area contributed by atoms with E-state index in [1.165, 1.54) is 42.4 Å². The number of carbonyl (C=O) groups is 1. The number of thioether (sulfide) groups is 1. The standard InChI is InChI=1S/C17H21N5OS2/c1-11(15(23)19-16-13(10-18)8-9-24-16)25-17-21-20-12(2)22(17)14-6-4-3-5-7-14/h8-9,11,14H,3-7H2,1-2H3,(H,19,23). The number of carbonyl (C=O) groups excluding carboxylic acids is 1. The van der Waals surface area contributed by atoms with Crippen LogP contribution in [0.15, 0.2) is 16.6 Å². The summed E-state index contributed by atoms with van der Waals surface area (Å²) in [6.45, 7) is 3.83. The molecule has 2 aromatic rings. The van der Waals surface area contributed by atoms with E-state index in [0.717, 1.165) is 23.8 Å². The zero-order valence-corrected chi connectivity index (χ0v) is 16.0. The molecule has 1 amide bonds. The number of aromatic nitrogens is 3. The van der Waals surface area contributed by atoms with Crippen LogP contribution in [0.5, 0.6) is 0 Å². The molecule has 0 bridgehead atoms. The normalized spacial score (nSPS) is 16.4. The highest BCUT2D eigenvalue weighted by atomic mass is 32.2. The van der Waals surface area contributed by atoms with Crippen molar-refractivity contribution in [3.05, 3.63) is 22.8 Å². The van der Waals surface area contributed by atoms with Gasteiger partial charge in [0, 0.05) is 6.04 Å². The van der Waals surface area contributed by atoms with Crippen molar-refractivity contribution in [3.63, 3.8) is 0 Å². The summed E-state index contributed by atoms with van der Waals surface area (Å²) in [4.78, 5) is 12.5. The van der Waals surface area contributed by atoms with Crippen LogP contribution in [0.1, 0.15) is 56.5 Å². The average molecular weight is 376 g/mol. The molecule has 0 spiro atoms. The van der Waals surface area contributed by atoms with Crippen molar-refractivity contribution in [2.24, 2.45) is 0 Å². The van der Waals surface area contributed by atoms with E-state index in [2.05, 4.69) is 26.2 Å². The monoisotopic (exact) mass is 375 g/mol. The van der Waals surface area contributed by atoms with E-state index >= 15 is 0 Å². The van der Waals surface area contributed by atoms with E-state index in [9.17, 15) is 4.79 Å². The van der Waals surface area contributed by atoms with Gasteiger partial charge in [0.2, 0.25) is 5.91 Å². The number of nitrogens with zero attached hydrogens (tertiary/aromatic N) is 4. The van der Waals surface area contributed by atoms with E-state index in [4.69, 9.17) is 5.26 Å². The Bertz CT molecular complexity index is 785. The number of hydrogen-bond acceptors (Lipinski definition) is 6. The lowest BCUT2D eigenvalue weighted by Crippen LogP contribution is -2.23. The smallest absolute Gasteiger partial charge is 0.238 e. The second kappa shape index (κ2) is 8.02. The fourth-order valence-electron chi connectivity index (χ4n) is 3.11. The topological polar surface area (TPSA) is 83.6 Å². The fraction of sp³-hybridized carbons (Fsp3) is 0.529. The number of hydrogen-bond donors (Lipinski definition) is 1. The summed E-state index contributed by atoms with van der Waals surface area (Å²) in [5, 5.41) is 23.3. The lowest BCUT2D eigenvalue weighted by molar-refractivity contribution is -0.115. The van der Waals surface area contributed by atoms with Gasteiger partial charge < -0.3 is 9.88 Å². The molecule has 0 aliphatic heterocycles. The van der Waals surface area contributed by atoms with Crippen molar-refractivity contribution in [2.45, 2.75) is 62.4 Å². The van der Waals surface area contributed by atoms with Crippen LogP contribution in [0.3, 0.4) is 0 Å². The first-order valence-electron chi connectivity index (χ1n) is 8.46. The molecule has 8 heteroatoms. The molecule has 1 fully saturated rings. The molecule has 0 aromatic carbocycles. The Morgan fingerprint density at radius 2 is 2.20 bits per heavy atom.